The third kappa shape index (κ3) is 6.32. The van der Waals surface area contributed by atoms with Crippen molar-refractivity contribution in [2.75, 3.05) is 39.0 Å². The van der Waals surface area contributed by atoms with Gasteiger partial charge in [0, 0.05) is 26.2 Å². The van der Waals surface area contributed by atoms with Crippen molar-refractivity contribution in [3.8, 4) is 5.75 Å². The Kier molecular flexibility index (Phi) is 7.25. The van der Waals surface area contributed by atoms with Gasteiger partial charge in [0.05, 0.1) is 6.26 Å². The van der Waals surface area contributed by atoms with Crippen LogP contribution in [0.2, 0.25) is 0 Å². The molecule has 140 valence electrons. The second-order valence-corrected chi connectivity index (χ2v) is 8.41. The number of hydrogen-bond acceptors (Lipinski definition) is 4. The van der Waals surface area contributed by atoms with Crippen LogP contribution in [0.15, 0.2) is 24.3 Å². The van der Waals surface area contributed by atoms with E-state index in [1.54, 1.807) is 4.90 Å². The molecule has 0 atom stereocenters. The van der Waals surface area contributed by atoms with Gasteiger partial charge < -0.3 is 9.64 Å². The van der Waals surface area contributed by atoms with E-state index in [1.807, 2.05) is 24.3 Å². The summed E-state index contributed by atoms with van der Waals surface area (Å²) in [6.45, 7) is 3.67. The molecule has 0 radical (unpaired) electrons. The van der Waals surface area contributed by atoms with E-state index < -0.39 is 10.0 Å². The highest BCUT2D eigenvalue weighted by atomic mass is 32.2. The zero-order chi connectivity index (χ0) is 18.3. The summed E-state index contributed by atoms with van der Waals surface area (Å²) in [7, 11) is -3.18. The zero-order valence-corrected chi connectivity index (χ0v) is 15.9. The number of nitrogens with zero attached hydrogens (tertiary/aromatic N) is 2. The normalized spacial score (nSPS) is 16.0. The van der Waals surface area contributed by atoms with E-state index in [9.17, 15) is 13.2 Å². The number of rotatable bonds is 8. The summed E-state index contributed by atoms with van der Waals surface area (Å²) in [5.41, 5.74) is 1.28. The maximum absolute atomic E-state index is 12.2. The Hall–Kier alpha value is -1.60. The molecule has 1 aromatic rings. The summed E-state index contributed by atoms with van der Waals surface area (Å²) in [4.78, 5) is 13.9. The Morgan fingerprint density at radius 3 is 2.28 bits per heavy atom. The Morgan fingerprint density at radius 2 is 1.72 bits per heavy atom. The Bertz CT molecular complexity index is 650. The van der Waals surface area contributed by atoms with Crippen molar-refractivity contribution in [1.82, 2.24) is 9.21 Å². The number of amides is 1. The van der Waals surface area contributed by atoms with E-state index in [-0.39, 0.29) is 12.5 Å². The first-order chi connectivity index (χ1) is 11.9. The molecule has 0 unspecified atom stereocenters. The topological polar surface area (TPSA) is 66.9 Å². The highest BCUT2D eigenvalue weighted by Gasteiger charge is 2.26. The van der Waals surface area contributed by atoms with Crippen LogP contribution < -0.4 is 4.74 Å². The molecule has 1 fully saturated rings. The van der Waals surface area contributed by atoms with Crippen LogP contribution in [0.5, 0.6) is 5.75 Å². The first-order valence-corrected chi connectivity index (χ1v) is 10.7. The molecular formula is C18H28N2O4S. The molecule has 1 saturated heterocycles. The van der Waals surface area contributed by atoms with Crippen LogP contribution in [0, 0.1) is 0 Å². The van der Waals surface area contributed by atoms with Crippen LogP contribution in [0.4, 0.5) is 0 Å². The van der Waals surface area contributed by atoms with Crippen molar-refractivity contribution in [1.29, 1.82) is 0 Å². The minimum absolute atomic E-state index is 0.0198. The lowest BCUT2D eigenvalue weighted by molar-refractivity contribution is -0.134. The van der Waals surface area contributed by atoms with Crippen LogP contribution >= 0.6 is 0 Å². The van der Waals surface area contributed by atoms with Crippen LogP contribution in [-0.4, -0.2) is 62.6 Å². The van der Waals surface area contributed by atoms with E-state index in [4.69, 9.17) is 4.74 Å². The second-order valence-electron chi connectivity index (χ2n) is 6.43. The SMILES string of the molecule is CCCCCc1ccc(OCC(=O)N2CCN(S(C)(=O)=O)CC2)cc1. The minimum atomic E-state index is -3.18. The summed E-state index contributed by atoms with van der Waals surface area (Å²) in [6, 6.07) is 7.88. The maximum atomic E-state index is 12.2. The standard InChI is InChI=1S/C18H28N2O4S/c1-3-4-5-6-16-7-9-17(10-8-16)24-15-18(21)19-11-13-20(14-12-19)25(2,22)23/h7-10H,3-6,11-15H2,1-2H3. The van der Waals surface area contributed by atoms with Crippen LogP contribution in [-0.2, 0) is 21.2 Å². The predicted octanol–water partition coefficient (Wildman–Crippen LogP) is 1.90. The molecule has 2 rings (SSSR count). The van der Waals surface area contributed by atoms with Crippen molar-refractivity contribution in [3.63, 3.8) is 0 Å². The number of sulfonamides is 1. The number of carbonyl (C=O) groups is 1. The molecule has 1 aromatic carbocycles. The van der Waals surface area contributed by atoms with Crippen molar-refractivity contribution in [2.24, 2.45) is 0 Å². The second kappa shape index (κ2) is 9.20. The molecule has 1 aliphatic rings. The first kappa shape index (κ1) is 19.7. The number of hydrogen-bond donors (Lipinski definition) is 0. The van der Waals surface area contributed by atoms with Gasteiger partial charge in [-0.3, -0.25) is 4.79 Å². The fourth-order valence-corrected chi connectivity index (χ4v) is 3.66. The number of ether oxygens (including phenoxy) is 1. The van der Waals surface area contributed by atoms with Gasteiger partial charge in [-0.25, -0.2) is 8.42 Å². The fraction of sp³-hybridized carbons (Fsp3) is 0.611. The summed E-state index contributed by atoms with van der Waals surface area (Å²) >= 11 is 0. The highest BCUT2D eigenvalue weighted by Crippen LogP contribution is 2.15. The number of aryl methyl sites for hydroxylation is 1. The van der Waals surface area contributed by atoms with Crippen molar-refractivity contribution in [2.45, 2.75) is 32.6 Å². The molecule has 1 heterocycles. The van der Waals surface area contributed by atoms with Crippen molar-refractivity contribution < 1.29 is 17.9 Å². The van der Waals surface area contributed by atoms with Gasteiger partial charge in [0.2, 0.25) is 10.0 Å². The van der Waals surface area contributed by atoms with Gasteiger partial charge in [-0.2, -0.15) is 4.31 Å². The Labute approximate surface area is 150 Å². The number of unbranched alkanes of at least 4 members (excludes halogenated alkanes) is 2. The van der Waals surface area contributed by atoms with Crippen molar-refractivity contribution >= 4 is 15.9 Å². The molecular weight excluding hydrogens is 340 g/mol. The molecule has 1 aliphatic heterocycles. The molecule has 0 aliphatic carbocycles. The van der Waals surface area contributed by atoms with Gasteiger partial charge in [-0.05, 0) is 30.5 Å². The molecule has 0 bridgehead atoms. The van der Waals surface area contributed by atoms with Gasteiger partial charge in [0.15, 0.2) is 6.61 Å². The lowest BCUT2D eigenvalue weighted by Gasteiger charge is -2.33. The Morgan fingerprint density at radius 1 is 1.08 bits per heavy atom. The quantitative estimate of drug-likeness (QED) is 0.658. The summed E-state index contributed by atoms with van der Waals surface area (Å²) in [5.74, 6) is 0.572. The van der Waals surface area contributed by atoms with E-state index >= 15 is 0 Å². The molecule has 0 aromatic heterocycles. The third-order valence-electron chi connectivity index (χ3n) is 4.42. The molecule has 0 spiro atoms. The molecule has 7 heteroatoms. The van der Waals surface area contributed by atoms with Gasteiger partial charge >= 0.3 is 0 Å². The lowest BCUT2D eigenvalue weighted by Crippen LogP contribution is -2.51. The molecule has 6 nitrogen and oxygen atoms in total. The number of carbonyl (C=O) groups excluding carboxylic acids is 1. The Balaban J connectivity index is 1.75. The number of piperazine rings is 1. The van der Waals surface area contributed by atoms with Gasteiger partial charge in [-0.1, -0.05) is 31.9 Å². The van der Waals surface area contributed by atoms with Gasteiger partial charge in [0.25, 0.3) is 5.91 Å². The predicted molar refractivity (Wildman–Crippen MR) is 98.2 cm³/mol. The molecule has 0 N–H and O–H groups in total. The minimum Gasteiger partial charge on any atom is -0.484 e. The van der Waals surface area contributed by atoms with E-state index in [0.717, 1.165) is 6.42 Å². The van der Waals surface area contributed by atoms with Gasteiger partial charge in [-0.15, -0.1) is 0 Å². The lowest BCUT2D eigenvalue weighted by atomic mass is 10.1. The molecule has 0 saturated carbocycles. The third-order valence-corrected chi connectivity index (χ3v) is 5.72. The van der Waals surface area contributed by atoms with Crippen LogP contribution in [0.3, 0.4) is 0 Å². The van der Waals surface area contributed by atoms with E-state index in [0.29, 0.717) is 31.9 Å². The average Bonchev–Trinajstić information content (AvgIpc) is 2.60. The zero-order valence-electron chi connectivity index (χ0n) is 15.1. The average molecular weight is 368 g/mol. The maximum Gasteiger partial charge on any atom is 0.260 e. The number of benzene rings is 1. The molecule has 25 heavy (non-hydrogen) atoms. The van der Waals surface area contributed by atoms with Crippen LogP contribution in [0.1, 0.15) is 31.7 Å². The summed E-state index contributed by atoms with van der Waals surface area (Å²) in [5, 5.41) is 0. The summed E-state index contributed by atoms with van der Waals surface area (Å²) < 4.78 is 29.9. The highest BCUT2D eigenvalue weighted by molar-refractivity contribution is 7.88. The smallest absolute Gasteiger partial charge is 0.260 e. The van der Waals surface area contributed by atoms with E-state index in [1.165, 1.54) is 35.4 Å². The molecule has 1 amide bonds. The monoisotopic (exact) mass is 368 g/mol. The van der Waals surface area contributed by atoms with Gasteiger partial charge in [0.1, 0.15) is 5.75 Å². The van der Waals surface area contributed by atoms with E-state index in [2.05, 4.69) is 6.92 Å². The van der Waals surface area contributed by atoms with Crippen LogP contribution in [0.25, 0.3) is 0 Å². The largest absolute Gasteiger partial charge is 0.484 e. The van der Waals surface area contributed by atoms with Crippen molar-refractivity contribution in [3.05, 3.63) is 29.8 Å². The fourth-order valence-electron chi connectivity index (χ4n) is 2.84. The first-order valence-electron chi connectivity index (χ1n) is 8.85. The summed E-state index contributed by atoms with van der Waals surface area (Å²) in [6.07, 6.45) is 5.90.